The van der Waals surface area contributed by atoms with E-state index in [4.69, 9.17) is 9.47 Å². The largest absolute Gasteiger partial charge is 0.504 e. The highest BCUT2D eigenvalue weighted by atomic mass is 32.1. The summed E-state index contributed by atoms with van der Waals surface area (Å²) in [6.45, 7) is 1.91. The third-order valence-electron chi connectivity index (χ3n) is 3.21. The van der Waals surface area contributed by atoms with Crippen molar-refractivity contribution in [2.45, 2.75) is 6.92 Å². The second kappa shape index (κ2) is 6.21. The Kier molecular flexibility index (Phi) is 4.12. The van der Waals surface area contributed by atoms with Crippen LogP contribution in [0, 0.1) is 0 Å². The van der Waals surface area contributed by atoms with Gasteiger partial charge in [0.1, 0.15) is 21.0 Å². The van der Waals surface area contributed by atoms with Crippen molar-refractivity contribution in [1.29, 1.82) is 0 Å². The van der Waals surface area contributed by atoms with Crippen LogP contribution in [0.15, 0.2) is 30.5 Å². The lowest BCUT2D eigenvalue weighted by Crippen LogP contribution is -2.07. The fourth-order valence-electron chi connectivity index (χ4n) is 2.17. The van der Waals surface area contributed by atoms with Gasteiger partial charge in [-0.3, -0.25) is 0 Å². The fraction of sp³-hybridized carbons (Fsp3) is 0.188. The van der Waals surface area contributed by atoms with Gasteiger partial charge in [-0.25, -0.2) is 14.8 Å². The van der Waals surface area contributed by atoms with Crippen molar-refractivity contribution < 1.29 is 19.4 Å². The molecule has 3 aromatic rings. The van der Waals surface area contributed by atoms with Crippen molar-refractivity contribution in [2.24, 2.45) is 0 Å². The number of hydrogen-bond acceptors (Lipinski definition) is 7. The maximum Gasteiger partial charge on any atom is 0.360 e. The second-order valence-corrected chi connectivity index (χ2v) is 5.61. The Balaban J connectivity index is 2.12. The summed E-state index contributed by atoms with van der Waals surface area (Å²) >= 11 is 1.27. The van der Waals surface area contributed by atoms with E-state index in [1.165, 1.54) is 17.5 Å². The van der Waals surface area contributed by atoms with E-state index in [9.17, 15) is 9.90 Å². The first-order valence-electron chi connectivity index (χ1n) is 6.94. The minimum absolute atomic E-state index is 0.102. The highest BCUT2D eigenvalue weighted by Crippen LogP contribution is 2.39. The summed E-state index contributed by atoms with van der Waals surface area (Å²) in [6.07, 6.45) is 1.46. The van der Waals surface area contributed by atoms with E-state index in [1.807, 2.05) is 24.3 Å². The average Bonchev–Trinajstić information content (AvgIpc) is 3.00. The summed E-state index contributed by atoms with van der Waals surface area (Å²) < 4.78 is 10.7. The number of thiazole rings is 1. The molecule has 0 spiro atoms. The number of methoxy groups -OCH3 is 1. The third kappa shape index (κ3) is 2.70. The molecule has 2 heterocycles. The summed E-state index contributed by atoms with van der Waals surface area (Å²) in [4.78, 5) is 20.2. The molecule has 0 aliphatic heterocycles. The molecule has 0 aliphatic rings. The number of para-hydroxylation sites is 1. The van der Waals surface area contributed by atoms with Crippen molar-refractivity contribution in [1.82, 2.24) is 9.97 Å². The van der Waals surface area contributed by atoms with Gasteiger partial charge in [0.2, 0.25) is 0 Å². The molecule has 0 bridgehead atoms. The Labute approximate surface area is 136 Å². The molecule has 1 N–H and O–H groups in total. The molecule has 0 atom stereocenters. The molecule has 0 saturated carbocycles. The summed E-state index contributed by atoms with van der Waals surface area (Å²) in [5.41, 5.74) is 1.23. The molecule has 23 heavy (non-hydrogen) atoms. The monoisotopic (exact) mass is 330 g/mol. The molecule has 0 fully saturated rings. The number of carbonyl (C=O) groups is 1. The van der Waals surface area contributed by atoms with Crippen molar-refractivity contribution in [3.63, 3.8) is 0 Å². The van der Waals surface area contributed by atoms with Gasteiger partial charge in [0.25, 0.3) is 0 Å². The highest BCUT2D eigenvalue weighted by molar-refractivity contribution is 7.22. The van der Waals surface area contributed by atoms with Crippen LogP contribution >= 0.6 is 11.3 Å². The topological polar surface area (TPSA) is 81.5 Å². The lowest BCUT2D eigenvalue weighted by Gasteiger charge is -2.04. The van der Waals surface area contributed by atoms with Gasteiger partial charge in [-0.2, -0.15) is 0 Å². The number of benzene rings is 1. The molecule has 2 aromatic heterocycles. The number of aromatic nitrogens is 2. The second-order valence-electron chi connectivity index (χ2n) is 4.61. The van der Waals surface area contributed by atoms with Gasteiger partial charge in [-0.05, 0) is 19.1 Å². The van der Waals surface area contributed by atoms with Gasteiger partial charge in [0, 0.05) is 0 Å². The Morgan fingerprint density at radius 1 is 1.35 bits per heavy atom. The Morgan fingerprint density at radius 2 is 2.13 bits per heavy atom. The van der Waals surface area contributed by atoms with Crippen LogP contribution in [0.25, 0.3) is 20.8 Å². The van der Waals surface area contributed by atoms with Gasteiger partial charge in [-0.15, -0.1) is 11.3 Å². The van der Waals surface area contributed by atoms with Gasteiger partial charge < -0.3 is 14.6 Å². The van der Waals surface area contributed by atoms with Crippen LogP contribution in [-0.2, 0) is 4.74 Å². The van der Waals surface area contributed by atoms with E-state index < -0.39 is 5.97 Å². The van der Waals surface area contributed by atoms with Crippen LogP contribution in [0.5, 0.6) is 11.5 Å². The van der Waals surface area contributed by atoms with Crippen LogP contribution < -0.4 is 4.74 Å². The van der Waals surface area contributed by atoms with Crippen LogP contribution in [0.1, 0.15) is 17.4 Å². The number of ether oxygens (including phenoxy) is 2. The molecule has 0 unspecified atom stereocenters. The van der Waals surface area contributed by atoms with Crippen LogP contribution in [0.3, 0.4) is 0 Å². The SMILES string of the molecule is CCOC(=O)c1ncc2nc(-c3ccccc3OC)sc2c1O. The minimum Gasteiger partial charge on any atom is -0.504 e. The minimum atomic E-state index is -0.654. The Hall–Kier alpha value is -2.67. The maximum absolute atomic E-state index is 11.8. The standard InChI is InChI=1S/C16H14N2O4S/c1-3-22-16(20)12-13(19)14-10(8-17-12)18-15(23-14)9-6-4-5-7-11(9)21-2/h4-8,19H,3H2,1-2H3. The van der Waals surface area contributed by atoms with Crippen molar-refractivity contribution >= 4 is 27.5 Å². The molecule has 6 nitrogen and oxygen atoms in total. The van der Waals surface area contributed by atoms with Gasteiger partial charge in [0.05, 0.1) is 25.5 Å². The van der Waals surface area contributed by atoms with E-state index >= 15 is 0 Å². The average molecular weight is 330 g/mol. The van der Waals surface area contributed by atoms with E-state index in [0.717, 1.165) is 5.56 Å². The normalized spacial score (nSPS) is 10.7. The number of hydrogen-bond donors (Lipinski definition) is 1. The molecule has 7 heteroatoms. The first-order valence-corrected chi connectivity index (χ1v) is 7.76. The van der Waals surface area contributed by atoms with Gasteiger partial charge in [-0.1, -0.05) is 12.1 Å². The van der Waals surface area contributed by atoms with Gasteiger partial charge >= 0.3 is 5.97 Å². The summed E-state index contributed by atoms with van der Waals surface area (Å²) in [5.74, 6) is -0.177. The van der Waals surface area contributed by atoms with Crippen LogP contribution in [0.4, 0.5) is 0 Å². The lowest BCUT2D eigenvalue weighted by atomic mass is 10.2. The number of fused-ring (bicyclic) bond motifs is 1. The number of esters is 1. The Morgan fingerprint density at radius 3 is 2.87 bits per heavy atom. The first-order chi connectivity index (χ1) is 11.2. The number of rotatable bonds is 4. The zero-order valence-electron chi connectivity index (χ0n) is 12.6. The lowest BCUT2D eigenvalue weighted by molar-refractivity contribution is 0.0516. The summed E-state index contributed by atoms with van der Waals surface area (Å²) in [5, 5.41) is 11.0. The molecular weight excluding hydrogens is 316 g/mol. The number of carbonyl (C=O) groups excluding carboxylic acids is 1. The van der Waals surface area contributed by atoms with Crippen LogP contribution in [-0.4, -0.2) is 34.8 Å². The number of nitrogens with zero attached hydrogens (tertiary/aromatic N) is 2. The van der Waals surface area contributed by atoms with Crippen molar-refractivity contribution in [2.75, 3.05) is 13.7 Å². The zero-order chi connectivity index (χ0) is 16.4. The maximum atomic E-state index is 11.8. The quantitative estimate of drug-likeness (QED) is 0.740. The molecule has 1 aromatic carbocycles. The van der Waals surface area contributed by atoms with E-state index in [0.29, 0.717) is 21.0 Å². The number of aromatic hydroxyl groups is 1. The smallest absolute Gasteiger partial charge is 0.360 e. The van der Waals surface area contributed by atoms with Crippen molar-refractivity contribution in [3.8, 4) is 22.1 Å². The van der Waals surface area contributed by atoms with Gasteiger partial charge in [0.15, 0.2) is 11.4 Å². The Bertz CT molecular complexity index is 876. The van der Waals surface area contributed by atoms with E-state index in [2.05, 4.69) is 9.97 Å². The fourth-order valence-corrected chi connectivity index (χ4v) is 3.18. The first kappa shape index (κ1) is 15.2. The van der Waals surface area contributed by atoms with Crippen molar-refractivity contribution in [3.05, 3.63) is 36.2 Å². The molecule has 118 valence electrons. The zero-order valence-corrected chi connectivity index (χ0v) is 13.4. The molecule has 0 amide bonds. The molecule has 3 rings (SSSR count). The van der Waals surface area contributed by atoms with E-state index in [-0.39, 0.29) is 18.1 Å². The highest BCUT2D eigenvalue weighted by Gasteiger charge is 2.20. The third-order valence-corrected chi connectivity index (χ3v) is 4.33. The molecular formula is C16H14N2O4S. The molecule has 0 aliphatic carbocycles. The molecule has 0 radical (unpaired) electrons. The molecule has 0 saturated heterocycles. The summed E-state index contributed by atoms with van der Waals surface area (Å²) in [6, 6.07) is 7.47. The van der Waals surface area contributed by atoms with Crippen LogP contribution in [0.2, 0.25) is 0 Å². The van der Waals surface area contributed by atoms with E-state index in [1.54, 1.807) is 14.0 Å². The number of pyridine rings is 1. The summed E-state index contributed by atoms with van der Waals surface area (Å²) in [7, 11) is 1.59. The predicted octanol–water partition coefficient (Wildman–Crippen LogP) is 3.25. The predicted molar refractivity (Wildman–Crippen MR) is 87.0 cm³/mol.